The lowest BCUT2D eigenvalue weighted by Crippen LogP contribution is -1.97. The van der Waals surface area contributed by atoms with E-state index < -0.39 is 17.9 Å². The molecule has 0 aliphatic carbocycles. The molecule has 7 heteroatoms. The largest absolute Gasteiger partial charge is 0.283 e. The summed E-state index contributed by atoms with van der Waals surface area (Å²) in [4.78, 5) is 7.29. The summed E-state index contributed by atoms with van der Waals surface area (Å²) < 4.78 is 38.1. The number of hydrogen-bond acceptors (Lipinski definition) is 2. The number of halogens is 5. The maximum absolute atomic E-state index is 12.9. The lowest BCUT2D eigenvalue weighted by atomic mass is 10.1. The van der Waals surface area contributed by atoms with Gasteiger partial charge in [0.25, 0.3) is 6.43 Å². The van der Waals surface area contributed by atoms with Gasteiger partial charge in [-0.25, -0.2) is 23.1 Å². The SMILES string of the molecule is Fc1ccc(-c2cnc(Cl)c(C(F)F)n2)c(Cl)c1. The van der Waals surface area contributed by atoms with Crippen LogP contribution in [0.2, 0.25) is 10.2 Å². The van der Waals surface area contributed by atoms with Gasteiger partial charge in [-0.15, -0.1) is 0 Å². The second-order valence-corrected chi connectivity index (χ2v) is 4.12. The smallest absolute Gasteiger partial charge is 0.242 e. The predicted molar refractivity (Wildman–Crippen MR) is 62.4 cm³/mol. The number of alkyl halides is 2. The second-order valence-electron chi connectivity index (χ2n) is 3.36. The highest BCUT2D eigenvalue weighted by atomic mass is 35.5. The van der Waals surface area contributed by atoms with Crippen LogP contribution in [0.1, 0.15) is 12.1 Å². The topological polar surface area (TPSA) is 25.8 Å². The Bertz CT molecular complexity index is 590. The fraction of sp³-hybridized carbons (Fsp3) is 0.0909. The first-order chi connectivity index (χ1) is 8.49. The number of rotatable bonds is 2. The van der Waals surface area contributed by atoms with Gasteiger partial charge in [0.2, 0.25) is 0 Å². The summed E-state index contributed by atoms with van der Waals surface area (Å²) in [5.41, 5.74) is -0.210. The second kappa shape index (κ2) is 5.12. The van der Waals surface area contributed by atoms with Crippen molar-refractivity contribution < 1.29 is 13.2 Å². The molecular formula is C11H5Cl2F3N2. The van der Waals surface area contributed by atoms with Crippen molar-refractivity contribution in [2.45, 2.75) is 6.43 Å². The number of benzene rings is 1. The van der Waals surface area contributed by atoms with Crippen LogP contribution in [0.25, 0.3) is 11.3 Å². The lowest BCUT2D eigenvalue weighted by Gasteiger charge is -2.07. The molecule has 2 nitrogen and oxygen atoms in total. The molecule has 94 valence electrons. The van der Waals surface area contributed by atoms with Crippen molar-refractivity contribution in [2.75, 3.05) is 0 Å². The molecule has 1 heterocycles. The minimum atomic E-state index is -2.84. The van der Waals surface area contributed by atoms with E-state index in [2.05, 4.69) is 9.97 Å². The van der Waals surface area contributed by atoms with Crippen LogP contribution in [0.15, 0.2) is 24.4 Å². The molecule has 0 N–H and O–H groups in total. The minimum Gasteiger partial charge on any atom is -0.242 e. The maximum Gasteiger partial charge on any atom is 0.283 e. The zero-order chi connectivity index (χ0) is 13.3. The van der Waals surface area contributed by atoms with Crippen molar-refractivity contribution in [2.24, 2.45) is 0 Å². The quantitative estimate of drug-likeness (QED) is 0.813. The van der Waals surface area contributed by atoms with Crippen LogP contribution < -0.4 is 0 Å². The van der Waals surface area contributed by atoms with Crippen LogP contribution in [-0.2, 0) is 0 Å². The van der Waals surface area contributed by atoms with Gasteiger partial charge >= 0.3 is 0 Å². The van der Waals surface area contributed by atoms with Crippen LogP contribution in [-0.4, -0.2) is 9.97 Å². The van der Waals surface area contributed by atoms with Gasteiger partial charge in [-0.05, 0) is 18.2 Å². The van der Waals surface area contributed by atoms with Gasteiger partial charge in [0.1, 0.15) is 11.5 Å². The zero-order valence-electron chi connectivity index (χ0n) is 8.67. The third-order valence-electron chi connectivity index (χ3n) is 2.17. The van der Waals surface area contributed by atoms with Gasteiger partial charge < -0.3 is 0 Å². The average molecular weight is 293 g/mol. The van der Waals surface area contributed by atoms with Gasteiger partial charge in [0, 0.05) is 5.56 Å². The van der Waals surface area contributed by atoms with Crippen molar-refractivity contribution in [1.82, 2.24) is 9.97 Å². The Kier molecular flexibility index (Phi) is 3.73. The molecule has 0 unspecified atom stereocenters. The molecule has 2 rings (SSSR count). The Labute approximate surface area is 110 Å². The van der Waals surface area contributed by atoms with E-state index in [1.165, 1.54) is 12.3 Å². The highest BCUT2D eigenvalue weighted by Crippen LogP contribution is 2.30. The number of hydrogen-bond donors (Lipinski definition) is 0. The van der Waals surface area contributed by atoms with Crippen molar-refractivity contribution >= 4 is 23.2 Å². The van der Waals surface area contributed by atoms with Crippen LogP contribution in [0.4, 0.5) is 13.2 Å². The van der Waals surface area contributed by atoms with E-state index in [-0.39, 0.29) is 15.9 Å². The molecule has 18 heavy (non-hydrogen) atoms. The van der Waals surface area contributed by atoms with Gasteiger partial charge in [0.15, 0.2) is 5.15 Å². The lowest BCUT2D eigenvalue weighted by molar-refractivity contribution is 0.146. The molecule has 1 aromatic heterocycles. The van der Waals surface area contributed by atoms with E-state index in [4.69, 9.17) is 23.2 Å². The highest BCUT2D eigenvalue weighted by Gasteiger charge is 2.17. The van der Waals surface area contributed by atoms with Crippen LogP contribution in [0.5, 0.6) is 0 Å². The Hall–Kier alpha value is -1.33. The van der Waals surface area contributed by atoms with Gasteiger partial charge in [-0.3, -0.25) is 0 Å². The molecule has 0 radical (unpaired) electrons. The van der Waals surface area contributed by atoms with E-state index in [1.807, 2.05) is 0 Å². The van der Waals surface area contributed by atoms with Gasteiger partial charge in [0.05, 0.1) is 16.9 Å². The third-order valence-corrected chi connectivity index (χ3v) is 2.77. The van der Waals surface area contributed by atoms with Crippen molar-refractivity contribution in [3.63, 3.8) is 0 Å². The first kappa shape index (κ1) is 13.1. The highest BCUT2D eigenvalue weighted by molar-refractivity contribution is 6.33. The molecule has 0 aliphatic rings. The fourth-order valence-corrected chi connectivity index (χ4v) is 1.79. The maximum atomic E-state index is 12.9. The van der Waals surface area contributed by atoms with Gasteiger partial charge in [-0.2, -0.15) is 0 Å². The molecule has 0 aliphatic heterocycles. The average Bonchev–Trinajstić information content (AvgIpc) is 2.30. The molecule has 0 saturated heterocycles. The van der Waals surface area contributed by atoms with E-state index in [1.54, 1.807) is 0 Å². The standard InChI is InChI=1S/C11H5Cl2F3N2/c12-7-3-5(14)1-2-6(7)8-4-17-10(13)9(18-8)11(15)16/h1-4,11H. The molecule has 0 bridgehead atoms. The molecule has 0 saturated carbocycles. The summed E-state index contributed by atoms with van der Waals surface area (Å²) in [7, 11) is 0. The summed E-state index contributed by atoms with van der Waals surface area (Å²) in [5.74, 6) is -0.528. The van der Waals surface area contributed by atoms with E-state index in [0.29, 0.717) is 5.56 Å². The molecular weight excluding hydrogens is 288 g/mol. The summed E-state index contributed by atoms with van der Waals surface area (Å²) in [6.45, 7) is 0. The molecule has 1 aromatic carbocycles. The monoisotopic (exact) mass is 292 g/mol. The Morgan fingerprint density at radius 1 is 1.17 bits per heavy atom. The molecule has 0 atom stereocenters. The summed E-state index contributed by atoms with van der Waals surface area (Å²) >= 11 is 11.3. The number of nitrogens with zero attached hydrogens (tertiary/aromatic N) is 2. The first-order valence-corrected chi connectivity index (χ1v) is 5.50. The Balaban J connectivity index is 2.54. The zero-order valence-corrected chi connectivity index (χ0v) is 10.2. The summed E-state index contributed by atoms with van der Waals surface area (Å²) in [5, 5.41) is -0.307. The first-order valence-electron chi connectivity index (χ1n) is 4.75. The van der Waals surface area contributed by atoms with Crippen LogP contribution >= 0.6 is 23.2 Å². The van der Waals surface area contributed by atoms with Crippen molar-refractivity contribution in [1.29, 1.82) is 0 Å². The summed E-state index contributed by atoms with van der Waals surface area (Å²) in [6.07, 6.45) is -1.64. The third kappa shape index (κ3) is 2.57. The van der Waals surface area contributed by atoms with Crippen LogP contribution in [0, 0.1) is 5.82 Å². The van der Waals surface area contributed by atoms with Crippen molar-refractivity contribution in [3.8, 4) is 11.3 Å². The van der Waals surface area contributed by atoms with Crippen molar-refractivity contribution in [3.05, 3.63) is 46.1 Å². The van der Waals surface area contributed by atoms with E-state index in [0.717, 1.165) is 12.1 Å². The van der Waals surface area contributed by atoms with Gasteiger partial charge in [-0.1, -0.05) is 23.2 Å². The van der Waals surface area contributed by atoms with E-state index >= 15 is 0 Å². The Morgan fingerprint density at radius 2 is 1.89 bits per heavy atom. The number of aromatic nitrogens is 2. The molecule has 0 amide bonds. The summed E-state index contributed by atoms with van der Waals surface area (Å²) in [6, 6.07) is 3.56. The normalized spacial score (nSPS) is 11.0. The molecule has 0 spiro atoms. The Morgan fingerprint density at radius 3 is 2.50 bits per heavy atom. The predicted octanol–water partition coefficient (Wildman–Crippen LogP) is 4.53. The minimum absolute atomic E-state index is 0.0619. The molecule has 0 fully saturated rings. The fourth-order valence-electron chi connectivity index (χ4n) is 1.35. The van der Waals surface area contributed by atoms with Crippen LogP contribution in [0.3, 0.4) is 0 Å². The molecule has 2 aromatic rings. The van der Waals surface area contributed by atoms with E-state index in [9.17, 15) is 13.2 Å².